The number of carbonyl (C=O) groups excluding carboxylic acids is 1. The Balaban J connectivity index is 2.10. The van der Waals surface area contributed by atoms with Crippen LogP contribution in [0, 0.1) is 5.41 Å². The van der Waals surface area contributed by atoms with Gasteiger partial charge in [0, 0.05) is 5.88 Å². The molecule has 20 heavy (non-hydrogen) atoms. The van der Waals surface area contributed by atoms with Crippen molar-refractivity contribution in [2.24, 2.45) is 5.41 Å². The van der Waals surface area contributed by atoms with Gasteiger partial charge in [-0.15, -0.1) is 11.6 Å². The van der Waals surface area contributed by atoms with Crippen molar-refractivity contribution in [1.29, 1.82) is 0 Å². The van der Waals surface area contributed by atoms with Gasteiger partial charge in [0.05, 0.1) is 11.5 Å². The van der Waals surface area contributed by atoms with E-state index in [1.807, 2.05) is 39.0 Å². The Kier molecular flexibility index (Phi) is 4.43. The number of hydrogen-bond donors (Lipinski definition) is 1. The average molecular weight is 298 g/mol. The lowest BCUT2D eigenvalue weighted by Gasteiger charge is -2.25. The summed E-state index contributed by atoms with van der Waals surface area (Å²) in [5.41, 5.74) is 0.400. The van der Waals surface area contributed by atoms with Gasteiger partial charge in [-0.3, -0.25) is 4.79 Å². The van der Waals surface area contributed by atoms with Gasteiger partial charge in [0.25, 0.3) is 0 Å². The molecule has 0 radical (unpaired) electrons. The van der Waals surface area contributed by atoms with Crippen molar-refractivity contribution in [1.82, 2.24) is 5.32 Å². The second-order valence-corrected chi connectivity index (χ2v) is 5.88. The summed E-state index contributed by atoms with van der Waals surface area (Å²) in [6.45, 7) is 6.71. The third kappa shape index (κ3) is 3.18. The van der Waals surface area contributed by atoms with Crippen LogP contribution in [0.2, 0.25) is 0 Å². The zero-order valence-electron chi connectivity index (χ0n) is 12.0. The quantitative estimate of drug-likeness (QED) is 0.869. The van der Waals surface area contributed by atoms with E-state index >= 15 is 0 Å². The number of benzene rings is 1. The number of hydrogen-bond acceptors (Lipinski definition) is 3. The van der Waals surface area contributed by atoms with Gasteiger partial charge in [0.15, 0.2) is 11.5 Å². The van der Waals surface area contributed by atoms with Crippen LogP contribution in [0.25, 0.3) is 0 Å². The summed E-state index contributed by atoms with van der Waals surface area (Å²) in [5, 5.41) is 2.97. The third-order valence-electron chi connectivity index (χ3n) is 3.36. The van der Waals surface area contributed by atoms with Gasteiger partial charge >= 0.3 is 0 Å². The van der Waals surface area contributed by atoms with E-state index in [9.17, 15) is 4.79 Å². The molecule has 0 spiro atoms. The third-order valence-corrected chi connectivity index (χ3v) is 4.03. The molecule has 1 aliphatic rings. The number of rotatable bonds is 4. The number of alkyl halides is 1. The maximum Gasteiger partial charge on any atom is 0.227 e. The van der Waals surface area contributed by atoms with Crippen LogP contribution in [-0.2, 0) is 4.79 Å². The first kappa shape index (κ1) is 15.0. The van der Waals surface area contributed by atoms with Gasteiger partial charge in [0.1, 0.15) is 13.2 Å². The van der Waals surface area contributed by atoms with Crippen LogP contribution in [-0.4, -0.2) is 25.0 Å². The Hall–Kier alpha value is -1.42. The van der Waals surface area contributed by atoms with Crippen molar-refractivity contribution < 1.29 is 14.3 Å². The number of ether oxygens (including phenoxy) is 2. The van der Waals surface area contributed by atoms with Crippen LogP contribution in [0.4, 0.5) is 0 Å². The molecule has 0 bridgehead atoms. The maximum absolute atomic E-state index is 12.1. The van der Waals surface area contributed by atoms with Crippen molar-refractivity contribution in [3.63, 3.8) is 0 Å². The summed E-state index contributed by atoms with van der Waals surface area (Å²) in [4.78, 5) is 12.1. The minimum absolute atomic E-state index is 0.0603. The number of carbonyl (C=O) groups is 1. The smallest absolute Gasteiger partial charge is 0.227 e. The molecule has 110 valence electrons. The molecular weight excluding hydrogens is 278 g/mol. The van der Waals surface area contributed by atoms with Gasteiger partial charge in [0.2, 0.25) is 5.91 Å². The highest BCUT2D eigenvalue weighted by Crippen LogP contribution is 2.32. The predicted octanol–water partition coefficient (Wildman–Crippen LogP) is 2.90. The van der Waals surface area contributed by atoms with Gasteiger partial charge in [-0.05, 0) is 38.5 Å². The summed E-state index contributed by atoms with van der Waals surface area (Å²) in [6, 6.07) is 5.61. The molecule has 0 saturated heterocycles. The first-order valence-corrected chi connectivity index (χ1v) is 7.24. The molecule has 4 nitrogen and oxygen atoms in total. The topological polar surface area (TPSA) is 47.6 Å². The van der Waals surface area contributed by atoms with Crippen molar-refractivity contribution in [2.75, 3.05) is 19.1 Å². The molecule has 1 amide bonds. The minimum Gasteiger partial charge on any atom is -0.486 e. The summed E-state index contributed by atoms with van der Waals surface area (Å²) >= 11 is 5.82. The summed E-state index contributed by atoms with van der Waals surface area (Å²) in [5.74, 6) is 1.70. The van der Waals surface area contributed by atoms with E-state index in [-0.39, 0.29) is 17.8 Å². The molecule has 0 aliphatic carbocycles. The van der Waals surface area contributed by atoms with Gasteiger partial charge in [-0.2, -0.15) is 0 Å². The fraction of sp³-hybridized carbons (Fsp3) is 0.533. The number of halogens is 1. The van der Waals surface area contributed by atoms with E-state index in [2.05, 4.69) is 5.32 Å². The molecule has 1 aromatic carbocycles. The molecule has 2 rings (SSSR count). The van der Waals surface area contributed by atoms with Crippen LogP contribution in [0.3, 0.4) is 0 Å². The molecule has 0 fully saturated rings. The second kappa shape index (κ2) is 5.92. The Morgan fingerprint density at radius 3 is 2.65 bits per heavy atom. The van der Waals surface area contributed by atoms with Gasteiger partial charge in [-0.1, -0.05) is 6.07 Å². The molecule has 1 heterocycles. The highest BCUT2D eigenvalue weighted by Gasteiger charge is 2.28. The molecule has 5 heteroatoms. The first-order valence-electron chi connectivity index (χ1n) is 6.70. The van der Waals surface area contributed by atoms with Crippen LogP contribution < -0.4 is 14.8 Å². The highest BCUT2D eigenvalue weighted by atomic mass is 35.5. The second-order valence-electron chi connectivity index (χ2n) is 5.62. The number of amides is 1. The zero-order valence-corrected chi connectivity index (χ0v) is 12.8. The maximum atomic E-state index is 12.1. The van der Waals surface area contributed by atoms with E-state index in [4.69, 9.17) is 21.1 Å². The molecule has 1 N–H and O–H groups in total. The Labute approximate surface area is 124 Å². The normalized spacial score (nSPS) is 15.6. The Bertz CT molecular complexity index is 502. The molecule has 1 atom stereocenters. The number of fused-ring (bicyclic) bond motifs is 1. The van der Waals surface area contributed by atoms with Crippen LogP contribution in [0.1, 0.15) is 32.4 Å². The lowest BCUT2D eigenvalue weighted by Crippen LogP contribution is -2.39. The SMILES string of the molecule is CC(NC(=O)C(C)(C)CCl)c1ccc2c(c1)OCCO2. The zero-order chi connectivity index (χ0) is 14.8. The number of nitrogens with one attached hydrogen (secondary N) is 1. The standard InChI is InChI=1S/C15H20ClNO3/c1-10(17-14(18)15(2,3)9-16)11-4-5-12-13(8-11)20-7-6-19-12/h4-5,8,10H,6-7,9H2,1-3H3,(H,17,18). The minimum atomic E-state index is -0.580. The lowest BCUT2D eigenvalue weighted by molar-refractivity contribution is -0.129. The monoisotopic (exact) mass is 297 g/mol. The Morgan fingerprint density at radius 2 is 2.00 bits per heavy atom. The van der Waals surface area contributed by atoms with Crippen LogP contribution in [0.5, 0.6) is 11.5 Å². The average Bonchev–Trinajstić information content (AvgIpc) is 2.46. The van der Waals surface area contributed by atoms with E-state index in [0.717, 1.165) is 17.1 Å². The lowest BCUT2D eigenvalue weighted by atomic mass is 9.94. The van der Waals surface area contributed by atoms with Crippen molar-refractivity contribution in [2.45, 2.75) is 26.8 Å². The molecular formula is C15H20ClNO3. The predicted molar refractivity (Wildman–Crippen MR) is 78.5 cm³/mol. The molecule has 0 aromatic heterocycles. The van der Waals surface area contributed by atoms with E-state index in [1.54, 1.807) is 0 Å². The molecule has 1 aliphatic heterocycles. The molecule has 0 saturated carbocycles. The largest absolute Gasteiger partial charge is 0.486 e. The summed E-state index contributed by atoms with van der Waals surface area (Å²) in [7, 11) is 0. The van der Waals surface area contributed by atoms with Crippen molar-refractivity contribution in [3.05, 3.63) is 23.8 Å². The van der Waals surface area contributed by atoms with Crippen molar-refractivity contribution in [3.8, 4) is 11.5 Å². The summed E-state index contributed by atoms with van der Waals surface area (Å²) in [6.07, 6.45) is 0. The fourth-order valence-electron chi connectivity index (χ4n) is 1.87. The van der Waals surface area contributed by atoms with Crippen molar-refractivity contribution >= 4 is 17.5 Å². The van der Waals surface area contributed by atoms with Gasteiger partial charge in [-0.25, -0.2) is 0 Å². The highest BCUT2D eigenvalue weighted by molar-refractivity contribution is 6.19. The molecule has 1 aromatic rings. The van der Waals surface area contributed by atoms with E-state index in [0.29, 0.717) is 13.2 Å². The van der Waals surface area contributed by atoms with Crippen LogP contribution >= 0.6 is 11.6 Å². The summed E-state index contributed by atoms with van der Waals surface area (Å²) < 4.78 is 11.0. The molecule has 1 unspecified atom stereocenters. The van der Waals surface area contributed by atoms with Gasteiger partial charge < -0.3 is 14.8 Å². The Morgan fingerprint density at radius 1 is 1.35 bits per heavy atom. The van der Waals surface area contributed by atoms with E-state index in [1.165, 1.54) is 0 Å². The van der Waals surface area contributed by atoms with E-state index < -0.39 is 5.41 Å². The first-order chi connectivity index (χ1) is 9.44. The van der Waals surface area contributed by atoms with Crippen LogP contribution in [0.15, 0.2) is 18.2 Å². The fourth-order valence-corrected chi connectivity index (χ4v) is 1.99.